The van der Waals surface area contributed by atoms with Crippen molar-refractivity contribution in [2.24, 2.45) is 0 Å². The maximum atomic E-state index is 12.0. The van der Waals surface area contributed by atoms with Gasteiger partial charge in [-0.15, -0.1) is 0 Å². The van der Waals surface area contributed by atoms with E-state index in [1.54, 1.807) is 24.3 Å². The minimum absolute atomic E-state index is 0. The van der Waals surface area contributed by atoms with E-state index >= 15 is 0 Å². The minimum atomic E-state index is -1.57. The number of hydrogen-bond acceptors (Lipinski definition) is 2. The lowest BCUT2D eigenvalue weighted by Crippen LogP contribution is -2.35. The zero-order valence-corrected chi connectivity index (χ0v) is 9.63. The Labute approximate surface area is 107 Å². The second kappa shape index (κ2) is 4.31. The molecule has 0 aromatic heterocycles. The second-order valence-corrected chi connectivity index (χ2v) is 4.08. The second-order valence-electron chi connectivity index (χ2n) is 4.08. The van der Waals surface area contributed by atoms with Crippen molar-refractivity contribution >= 4 is 20.0 Å². The molecule has 3 nitrogen and oxygen atoms in total. The molecular formula is C14H11BNO2. The van der Waals surface area contributed by atoms with E-state index in [9.17, 15) is 9.90 Å². The number of para-hydroxylation sites is 1. The van der Waals surface area contributed by atoms with Crippen LogP contribution >= 0.6 is 0 Å². The molecule has 2 N–H and O–H groups in total. The van der Waals surface area contributed by atoms with E-state index in [1.807, 2.05) is 30.3 Å². The highest BCUT2D eigenvalue weighted by Gasteiger charge is 2.46. The average Bonchev–Trinajstić information content (AvgIpc) is 2.64. The van der Waals surface area contributed by atoms with Gasteiger partial charge in [0, 0.05) is 19.7 Å². The van der Waals surface area contributed by atoms with E-state index in [0.29, 0.717) is 16.8 Å². The summed E-state index contributed by atoms with van der Waals surface area (Å²) < 4.78 is 0. The van der Waals surface area contributed by atoms with Gasteiger partial charge in [0.25, 0.3) is 5.91 Å². The van der Waals surface area contributed by atoms with Crippen molar-refractivity contribution < 1.29 is 9.90 Å². The van der Waals surface area contributed by atoms with E-state index in [0.717, 1.165) is 0 Å². The van der Waals surface area contributed by atoms with E-state index in [1.165, 1.54) is 0 Å². The number of rotatable bonds is 1. The largest absolute Gasteiger partial charge is 0.372 e. The summed E-state index contributed by atoms with van der Waals surface area (Å²) in [5, 5.41) is 13.4. The highest BCUT2D eigenvalue weighted by molar-refractivity contribution is 6.07. The number of anilines is 1. The number of fused-ring (bicyclic) bond motifs is 1. The monoisotopic (exact) mass is 236 g/mol. The Hall–Kier alpha value is -2.07. The first kappa shape index (κ1) is 12.4. The Bertz CT molecular complexity index is 585. The van der Waals surface area contributed by atoms with Crippen molar-refractivity contribution in [3.05, 3.63) is 65.7 Å². The molecule has 4 heteroatoms. The van der Waals surface area contributed by atoms with Crippen LogP contribution in [0.5, 0.6) is 0 Å². The summed E-state index contributed by atoms with van der Waals surface area (Å²) in [5.41, 5.74) is 0.292. The van der Waals surface area contributed by atoms with Crippen molar-refractivity contribution in [2.45, 2.75) is 5.60 Å². The lowest BCUT2D eigenvalue weighted by molar-refractivity contribution is -0.129. The van der Waals surface area contributed by atoms with Crippen LogP contribution in [0.3, 0.4) is 0 Å². The summed E-state index contributed by atoms with van der Waals surface area (Å²) in [6.07, 6.45) is 0. The van der Waals surface area contributed by atoms with Crippen LogP contribution in [0.1, 0.15) is 11.1 Å². The summed E-state index contributed by atoms with van der Waals surface area (Å²) >= 11 is 0. The van der Waals surface area contributed by atoms with Gasteiger partial charge in [-0.1, -0.05) is 48.5 Å². The third-order valence-electron chi connectivity index (χ3n) is 3.09. The Morgan fingerprint density at radius 1 is 0.944 bits per heavy atom. The van der Waals surface area contributed by atoms with Crippen LogP contribution in [0.4, 0.5) is 5.69 Å². The molecule has 2 aromatic carbocycles. The third-order valence-corrected chi connectivity index (χ3v) is 3.09. The molecule has 1 aliphatic rings. The van der Waals surface area contributed by atoms with E-state index in [2.05, 4.69) is 5.32 Å². The maximum Gasteiger partial charge on any atom is 0.265 e. The zero-order valence-electron chi connectivity index (χ0n) is 9.63. The number of hydrogen-bond donors (Lipinski definition) is 2. The molecule has 1 atom stereocenters. The molecular weight excluding hydrogens is 225 g/mol. The van der Waals surface area contributed by atoms with Gasteiger partial charge in [-0.3, -0.25) is 4.79 Å². The third kappa shape index (κ3) is 1.54. The van der Waals surface area contributed by atoms with Gasteiger partial charge in [0.05, 0.1) is 0 Å². The van der Waals surface area contributed by atoms with Crippen molar-refractivity contribution in [1.29, 1.82) is 0 Å². The Balaban J connectivity index is 0.00000120. The standard InChI is InChI=1S/C14H11NO2.B/c16-13-14(17,10-6-2-1-3-7-10)11-8-4-5-9-12(11)15-13;/h1-9,17H,(H,15,16);. The zero-order chi connectivity index (χ0) is 11.9. The molecule has 0 saturated carbocycles. The first-order chi connectivity index (χ1) is 8.23. The number of aliphatic hydroxyl groups is 1. The summed E-state index contributed by atoms with van der Waals surface area (Å²) in [4.78, 5) is 12.0. The number of amides is 1. The molecule has 1 heterocycles. The van der Waals surface area contributed by atoms with E-state index in [-0.39, 0.29) is 8.41 Å². The predicted octanol–water partition coefficient (Wildman–Crippen LogP) is 1.49. The summed E-state index contributed by atoms with van der Waals surface area (Å²) in [7, 11) is 0. The Kier molecular flexibility index (Phi) is 2.97. The van der Waals surface area contributed by atoms with Crippen LogP contribution in [0.2, 0.25) is 0 Å². The molecule has 1 unspecified atom stereocenters. The van der Waals surface area contributed by atoms with Crippen LogP contribution in [0, 0.1) is 0 Å². The SMILES string of the molecule is O=C1Nc2ccccc2C1(O)c1ccccc1.[B]. The fraction of sp³-hybridized carbons (Fsp3) is 0.0714. The number of carbonyl (C=O) groups excluding carboxylic acids is 1. The first-order valence-corrected chi connectivity index (χ1v) is 5.42. The molecule has 0 fully saturated rings. The molecule has 18 heavy (non-hydrogen) atoms. The van der Waals surface area contributed by atoms with Gasteiger partial charge in [-0.25, -0.2) is 0 Å². The summed E-state index contributed by atoms with van der Waals surface area (Å²) in [6.45, 7) is 0. The normalized spacial score (nSPS) is 20.8. The van der Waals surface area contributed by atoms with Crippen molar-refractivity contribution in [3.63, 3.8) is 0 Å². The maximum absolute atomic E-state index is 12.0. The summed E-state index contributed by atoms with van der Waals surface area (Å²) in [6, 6.07) is 16.2. The number of carbonyl (C=O) groups is 1. The van der Waals surface area contributed by atoms with Gasteiger partial charge in [0.15, 0.2) is 5.60 Å². The molecule has 1 amide bonds. The molecule has 87 valence electrons. The smallest absolute Gasteiger partial charge is 0.265 e. The molecule has 1 aliphatic heterocycles. The van der Waals surface area contributed by atoms with Gasteiger partial charge in [-0.2, -0.15) is 0 Å². The Morgan fingerprint density at radius 2 is 1.56 bits per heavy atom. The van der Waals surface area contributed by atoms with Crippen LogP contribution in [0.25, 0.3) is 0 Å². The van der Waals surface area contributed by atoms with Crippen molar-refractivity contribution in [3.8, 4) is 0 Å². The van der Waals surface area contributed by atoms with Gasteiger partial charge in [0.2, 0.25) is 0 Å². The predicted molar refractivity (Wildman–Crippen MR) is 70.3 cm³/mol. The van der Waals surface area contributed by atoms with Gasteiger partial charge in [0.1, 0.15) is 0 Å². The van der Waals surface area contributed by atoms with E-state index in [4.69, 9.17) is 0 Å². The average molecular weight is 236 g/mol. The first-order valence-electron chi connectivity index (χ1n) is 5.42. The Morgan fingerprint density at radius 3 is 2.28 bits per heavy atom. The molecule has 0 spiro atoms. The molecule has 0 aliphatic carbocycles. The lowest BCUT2D eigenvalue weighted by Gasteiger charge is -2.21. The van der Waals surface area contributed by atoms with Crippen LogP contribution < -0.4 is 5.32 Å². The topological polar surface area (TPSA) is 49.3 Å². The minimum Gasteiger partial charge on any atom is -0.372 e. The summed E-state index contributed by atoms with van der Waals surface area (Å²) in [5.74, 6) is -0.398. The quantitative estimate of drug-likeness (QED) is 0.737. The lowest BCUT2D eigenvalue weighted by atomic mass is 9.88. The van der Waals surface area contributed by atoms with Gasteiger partial charge in [-0.05, 0) is 11.6 Å². The number of benzene rings is 2. The highest BCUT2D eigenvalue weighted by Crippen LogP contribution is 2.40. The van der Waals surface area contributed by atoms with Crippen LogP contribution in [-0.4, -0.2) is 19.4 Å². The van der Waals surface area contributed by atoms with Crippen LogP contribution in [-0.2, 0) is 10.4 Å². The van der Waals surface area contributed by atoms with Crippen LogP contribution in [0.15, 0.2) is 54.6 Å². The van der Waals surface area contributed by atoms with Crippen molar-refractivity contribution in [1.82, 2.24) is 0 Å². The van der Waals surface area contributed by atoms with E-state index < -0.39 is 11.5 Å². The molecule has 3 radical (unpaired) electrons. The van der Waals surface area contributed by atoms with Gasteiger partial charge < -0.3 is 10.4 Å². The highest BCUT2D eigenvalue weighted by atomic mass is 16.3. The number of nitrogens with one attached hydrogen (secondary N) is 1. The molecule has 2 aromatic rings. The molecule has 0 saturated heterocycles. The fourth-order valence-electron chi connectivity index (χ4n) is 2.21. The molecule has 0 bridgehead atoms. The fourth-order valence-corrected chi connectivity index (χ4v) is 2.21. The van der Waals surface area contributed by atoms with Gasteiger partial charge >= 0.3 is 0 Å². The molecule has 3 rings (SSSR count). The van der Waals surface area contributed by atoms with Crippen molar-refractivity contribution in [2.75, 3.05) is 5.32 Å².